The number of rotatable bonds is 5. The van der Waals surface area contributed by atoms with Crippen molar-refractivity contribution in [3.63, 3.8) is 0 Å². The minimum atomic E-state index is -3.41. The lowest BCUT2D eigenvalue weighted by atomic mass is 9.95. The molecular weight excluding hydrogens is 291 g/mol. The number of halogens is 1. The third kappa shape index (κ3) is 2.57. The van der Waals surface area contributed by atoms with E-state index in [2.05, 4.69) is 4.98 Å². The zero-order chi connectivity index (χ0) is 15.3. The van der Waals surface area contributed by atoms with E-state index >= 15 is 0 Å². The van der Waals surface area contributed by atoms with Crippen LogP contribution in [-0.4, -0.2) is 29.9 Å². The first-order valence-electron chi connectivity index (χ1n) is 7.10. The van der Waals surface area contributed by atoms with E-state index in [4.69, 9.17) is 0 Å². The van der Waals surface area contributed by atoms with Crippen LogP contribution < -0.4 is 0 Å². The van der Waals surface area contributed by atoms with Gasteiger partial charge in [-0.15, -0.1) is 0 Å². The second-order valence-corrected chi connectivity index (χ2v) is 8.63. The molecule has 0 saturated heterocycles. The van der Waals surface area contributed by atoms with Gasteiger partial charge in [-0.25, -0.2) is 13.4 Å². The van der Waals surface area contributed by atoms with E-state index in [-0.39, 0.29) is 10.4 Å². The van der Waals surface area contributed by atoms with Crippen LogP contribution in [0.2, 0.25) is 0 Å². The number of imidazole rings is 1. The molecule has 0 unspecified atom stereocenters. The molecule has 21 heavy (non-hydrogen) atoms. The smallest absolute Gasteiger partial charge is 0.229 e. The molecule has 4 nitrogen and oxygen atoms in total. The van der Waals surface area contributed by atoms with E-state index in [1.54, 1.807) is 24.5 Å². The highest BCUT2D eigenvalue weighted by atomic mass is 32.2. The van der Waals surface area contributed by atoms with Crippen LogP contribution >= 0.6 is 0 Å². The Morgan fingerprint density at radius 2 is 2.00 bits per heavy atom. The second kappa shape index (κ2) is 4.80. The van der Waals surface area contributed by atoms with Gasteiger partial charge in [0.1, 0.15) is 0 Å². The molecule has 1 heterocycles. The molecule has 1 aliphatic carbocycles. The van der Waals surface area contributed by atoms with Crippen molar-refractivity contribution >= 4 is 20.9 Å². The molecule has 0 bridgehead atoms. The number of sulfone groups is 1. The predicted octanol–water partition coefficient (Wildman–Crippen LogP) is 2.97. The predicted molar refractivity (Wildman–Crippen MR) is 79.7 cm³/mol. The molecule has 1 fully saturated rings. The molecule has 0 N–H and O–H groups in total. The van der Waals surface area contributed by atoms with Crippen LogP contribution in [0.25, 0.3) is 11.0 Å². The lowest BCUT2D eigenvalue weighted by Gasteiger charge is -2.22. The summed E-state index contributed by atoms with van der Waals surface area (Å²) in [5.41, 5.74) is 0.765. The van der Waals surface area contributed by atoms with Crippen LogP contribution in [0.4, 0.5) is 4.39 Å². The van der Waals surface area contributed by atoms with E-state index in [0.717, 1.165) is 5.52 Å². The quantitative estimate of drug-likeness (QED) is 0.853. The molecule has 0 aliphatic heterocycles. The van der Waals surface area contributed by atoms with Crippen LogP contribution in [0.5, 0.6) is 0 Å². The Morgan fingerprint density at radius 1 is 1.33 bits per heavy atom. The summed E-state index contributed by atoms with van der Waals surface area (Å²) in [5, 5.41) is -0.228. The number of aromatic nitrogens is 2. The van der Waals surface area contributed by atoms with Crippen LogP contribution in [0.1, 0.15) is 26.7 Å². The monoisotopic (exact) mass is 310 g/mol. The van der Waals surface area contributed by atoms with Crippen LogP contribution in [0.15, 0.2) is 29.4 Å². The Hall–Kier alpha value is -1.43. The molecule has 1 aromatic carbocycles. The van der Waals surface area contributed by atoms with E-state index in [0.29, 0.717) is 24.9 Å². The molecule has 0 amide bonds. The Bertz CT molecular complexity index is 776. The Kier molecular flexibility index (Phi) is 3.31. The number of fused-ring (bicyclic) bond motifs is 1. The number of alkyl halides is 1. The van der Waals surface area contributed by atoms with Gasteiger partial charge in [-0.05, 0) is 25.0 Å². The van der Waals surface area contributed by atoms with Crippen molar-refractivity contribution in [1.82, 2.24) is 9.55 Å². The largest absolute Gasteiger partial charge is 0.314 e. The van der Waals surface area contributed by atoms with Gasteiger partial charge in [-0.1, -0.05) is 26.0 Å². The minimum absolute atomic E-state index is 0.0905. The van der Waals surface area contributed by atoms with Crippen molar-refractivity contribution in [2.24, 2.45) is 5.41 Å². The molecule has 6 heteroatoms. The molecule has 3 rings (SSSR count). The molecule has 0 atom stereocenters. The van der Waals surface area contributed by atoms with Gasteiger partial charge in [-0.3, -0.25) is 4.39 Å². The summed E-state index contributed by atoms with van der Waals surface area (Å²) in [7, 11) is -3.41. The number of hydrogen-bond acceptors (Lipinski definition) is 3. The normalized spacial score (nSPS) is 16.5. The van der Waals surface area contributed by atoms with E-state index < -0.39 is 21.9 Å². The maximum absolute atomic E-state index is 13.2. The van der Waals surface area contributed by atoms with Crippen LogP contribution in [0, 0.1) is 5.41 Å². The van der Waals surface area contributed by atoms with Gasteiger partial charge in [0.05, 0.1) is 23.0 Å². The fraction of sp³-hybridized carbons (Fsp3) is 0.533. The average Bonchev–Trinajstić information content (AvgIpc) is 3.24. The summed E-state index contributed by atoms with van der Waals surface area (Å²) >= 11 is 0. The number of nitrogens with zero attached hydrogens (tertiary/aromatic N) is 2. The topological polar surface area (TPSA) is 52.0 Å². The number of hydrogen-bond donors (Lipinski definition) is 0. The number of benzene rings is 1. The maximum atomic E-state index is 13.2. The summed E-state index contributed by atoms with van der Waals surface area (Å²) in [6, 6.07) is 7.30. The highest BCUT2D eigenvalue weighted by molar-refractivity contribution is 7.92. The molecule has 2 aromatic rings. The summed E-state index contributed by atoms with van der Waals surface area (Å²) in [4.78, 5) is 4.32. The minimum Gasteiger partial charge on any atom is -0.314 e. The van der Waals surface area contributed by atoms with Gasteiger partial charge in [0.2, 0.25) is 15.0 Å². The van der Waals surface area contributed by atoms with Crippen molar-refractivity contribution in [3.05, 3.63) is 24.3 Å². The molecule has 114 valence electrons. The molecule has 1 aliphatic rings. The lowest BCUT2D eigenvalue weighted by molar-refractivity contribution is 0.219. The summed E-state index contributed by atoms with van der Waals surface area (Å²) in [5.74, 6) is 0. The van der Waals surface area contributed by atoms with Gasteiger partial charge in [0.15, 0.2) is 0 Å². The highest BCUT2D eigenvalue weighted by Crippen LogP contribution is 2.35. The Labute approximate surface area is 123 Å². The average molecular weight is 310 g/mol. The SMILES string of the molecule is CC(C)(CF)Cn1c(S(=O)(=O)C2CC2)nc2ccccc21. The first-order chi connectivity index (χ1) is 9.85. The Morgan fingerprint density at radius 3 is 2.62 bits per heavy atom. The zero-order valence-corrected chi connectivity index (χ0v) is 13.0. The molecule has 0 radical (unpaired) electrons. The van der Waals surface area contributed by atoms with E-state index in [9.17, 15) is 12.8 Å². The summed E-state index contributed by atoms with van der Waals surface area (Å²) < 4.78 is 40.0. The lowest BCUT2D eigenvalue weighted by Crippen LogP contribution is -2.25. The van der Waals surface area contributed by atoms with Gasteiger partial charge < -0.3 is 4.57 Å². The third-order valence-corrected chi connectivity index (χ3v) is 5.95. The first kappa shape index (κ1) is 14.5. The highest BCUT2D eigenvalue weighted by Gasteiger charge is 2.40. The first-order valence-corrected chi connectivity index (χ1v) is 8.65. The van der Waals surface area contributed by atoms with Gasteiger partial charge in [-0.2, -0.15) is 0 Å². The second-order valence-electron chi connectivity index (χ2n) is 6.51. The number of para-hydroxylation sites is 2. The van der Waals surface area contributed by atoms with Crippen LogP contribution in [-0.2, 0) is 16.4 Å². The molecular formula is C15H19FN2O2S. The Balaban J connectivity index is 2.19. The summed E-state index contributed by atoms with van der Waals surface area (Å²) in [6.07, 6.45) is 1.39. The van der Waals surface area contributed by atoms with E-state index in [1.165, 1.54) is 0 Å². The van der Waals surface area contributed by atoms with Crippen molar-refractivity contribution in [2.75, 3.05) is 6.67 Å². The van der Waals surface area contributed by atoms with Crippen molar-refractivity contribution in [2.45, 2.75) is 43.6 Å². The van der Waals surface area contributed by atoms with Gasteiger partial charge >= 0.3 is 0 Å². The fourth-order valence-electron chi connectivity index (χ4n) is 2.42. The molecule has 1 saturated carbocycles. The third-order valence-electron chi connectivity index (χ3n) is 3.79. The van der Waals surface area contributed by atoms with E-state index in [1.807, 2.05) is 18.2 Å². The van der Waals surface area contributed by atoms with Crippen molar-refractivity contribution in [1.29, 1.82) is 0 Å². The van der Waals surface area contributed by atoms with Crippen LogP contribution in [0.3, 0.4) is 0 Å². The molecule has 0 spiro atoms. The fourth-order valence-corrected chi connectivity index (χ4v) is 4.17. The van der Waals surface area contributed by atoms with Gasteiger partial charge in [0, 0.05) is 12.0 Å². The maximum Gasteiger partial charge on any atom is 0.229 e. The zero-order valence-electron chi connectivity index (χ0n) is 12.2. The van der Waals surface area contributed by atoms with Crippen molar-refractivity contribution < 1.29 is 12.8 Å². The summed E-state index contributed by atoms with van der Waals surface area (Å²) in [6.45, 7) is 3.36. The van der Waals surface area contributed by atoms with Crippen molar-refractivity contribution in [3.8, 4) is 0 Å². The van der Waals surface area contributed by atoms with Gasteiger partial charge in [0.25, 0.3) is 0 Å². The molecule has 1 aromatic heterocycles. The standard InChI is InChI=1S/C15H19FN2O2S/c1-15(2,9-16)10-18-13-6-4-3-5-12(13)17-14(18)21(19,20)11-7-8-11/h3-6,11H,7-10H2,1-2H3.